The van der Waals surface area contributed by atoms with E-state index in [1.165, 1.54) is 18.7 Å². The zero-order valence-electron chi connectivity index (χ0n) is 19.1. The van der Waals surface area contributed by atoms with Gasteiger partial charge in [-0.05, 0) is 44.0 Å². The summed E-state index contributed by atoms with van der Waals surface area (Å²) >= 11 is 0. The molecule has 0 bridgehead atoms. The van der Waals surface area contributed by atoms with Gasteiger partial charge in [-0.2, -0.15) is 0 Å². The Hall–Kier alpha value is -2.43. The Morgan fingerprint density at radius 1 is 1.12 bits per heavy atom. The van der Waals surface area contributed by atoms with Crippen LogP contribution in [0.3, 0.4) is 0 Å². The van der Waals surface area contributed by atoms with Crippen molar-refractivity contribution in [2.75, 3.05) is 33.4 Å². The number of methoxy groups -OCH3 is 1. The number of benzene rings is 2. The fraction of sp³-hybridized carbons (Fsp3) is 0.462. The van der Waals surface area contributed by atoms with Crippen molar-refractivity contribution in [1.29, 1.82) is 0 Å². The van der Waals surface area contributed by atoms with Crippen molar-refractivity contribution in [2.45, 2.75) is 45.0 Å². The number of nitrogens with zero attached hydrogens (tertiary/aromatic N) is 2. The Kier molecular flexibility index (Phi) is 8.27. The van der Waals surface area contributed by atoms with Crippen molar-refractivity contribution in [3.63, 3.8) is 0 Å². The Balaban J connectivity index is 1.61. The molecule has 32 heavy (non-hydrogen) atoms. The Morgan fingerprint density at radius 2 is 1.88 bits per heavy atom. The second-order valence-electron chi connectivity index (χ2n) is 8.83. The molecule has 6 heteroatoms. The molecule has 0 radical (unpaired) electrons. The maximum atomic E-state index is 14.4. The average molecular weight is 441 g/mol. The van der Waals surface area contributed by atoms with Crippen LogP contribution in [0.1, 0.15) is 37.0 Å². The van der Waals surface area contributed by atoms with Crippen molar-refractivity contribution in [3.8, 4) is 17.6 Å². The quantitative estimate of drug-likeness (QED) is 0.649. The summed E-state index contributed by atoms with van der Waals surface area (Å²) in [5.41, 5.74) is 1.70. The second kappa shape index (κ2) is 10.9. The molecule has 2 aromatic rings. The number of hydrogen-bond donors (Lipinski definition) is 2. The molecule has 2 N–H and O–H groups in total. The van der Waals surface area contributed by atoms with Gasteiger partial charge in [0.1, 0.15) is 17.2 Å². The summed E-state index contributed by atoms with van der Waals surface area (Å²) in [5.74, 6) is 6.07. The fourth-order valence-electron chi connectivity index (χ4n) is 3.91. The van der Waals surface area contributed by atoms with E-state index in [0.717, 1.165) is 31.7 Å². The van der Waals surface area contributed by atoms with E-state index in [9.17, 15) is 14.6 Å². The topological polar surface area (TPSA) is 56.2 Å². The molecule has 0 amide bonds. The largest absolute Gasteiger partial charge is 0.497 e. The summed E-state index contributed by atoms with van der Waals surface area (Å²) < 4.78 is 19.5. The van der Waals surface area contributed by atoms with E-state index < -0.39 is 5.60 Å². The van der Waals surface area contributed by atoms with Crippen molar-refractivity contribution < 1.29 is 19.3 Å². The van der Waals surface area contributed by atoms with Crippen molar-refractivity contribution in [1.82, 2.24) is 9.80 Å². The van der Waals surface area contributed by atoms with Gasteiger partial charge in [-0.1, -0.05) is 30.0 Å². The van der Waals surface area contributed by atoms with Crippen LogP contribution >= 0.6 is 0 Å². The van der Waals surface area contributed by atoms with Crippen LogP contribution in [-0.2, 0) is 13.1 Å². The van der Waals surface area contributed by atoms with Crippen LogP contribution in [0.5, 0.6) is 5.75 Å². The van der Waals surface area contributed by atoms with Gasteiger partial charge in [0, 0.05) is 62.6 Å². The molecule has 1 saturated heterocycles. The van der Waals surface area contributed by atoms with Crippen LogP contribution in [0.4, 0.5) is 4.39 Å². The van der Waals surface area contributed by atoms with E-state index >= 15 is 0 Å². The van der Waals surface area contributed by atoms with Crippen LogP contribution < -0.4 is 4.74 Å². The first kappa shape index (κ1) is 24.2. The summed E-state index contributed by atoms with van der Waals surface area (Å²) in [7, 11) is 1.53. The summed E-state index contributed by atoms with van der Waals surface area (Å²) in [4.78, 5) is 4.63. The molecule has 0 aromatic heterocycles. The molecular formula is C26H33FN2O3. The maximum Gasteiger partial charge on any atom is 0.131 e. The monoisotopic (exact) mass is 440 g/mol. The number of piperazine rings is 1. The Bertz CT molecular complexity index is 944. The van der Waals surface area contributed by atoms with Gasteiger partial charge in [0.15, 0.2) is 0 Å². The highest BCUT2D eigenvalue weighted by Crippen LogP contribution is 2.22. The van der Waals surface area contributed by atoms with E-state index in [2.05, 4.69) is 33.8 Å². The zero-order chi connectivity index (χ0) is 23.1. The predicted octanol–water partition coefficient (Wildman–Crippen LogP) is 3.03. The highest BCUT2D eigenvalue weighted by Gasteiger charge is 2.27. The lowest BCUT2D eigenvalue weighted by Crippen LogP contribution is -2.52. The zero-order valence-corrected chi connectivity index (χ0v) is 19.1. The average Bonchev–Trinajstić information content (AvgIpc) is 2.76. The smallest absolute Gasteiger partial charge is 0.131 e. The molecule has 1 heterocycles. The number of hydrogen-bond acceptors (Lipinski definition) is 5. The highest BCUT2D eigenvalue weighted by molar-refractivity contribution is 5.37. The molecule has 172 valence electrons. The molecule has 1 aliphatic rings. The third kappa shape index (κ3) is 7.04. The molecule has 1 fully saturated rings. The van der Waals surface area contributed by atoms with Crippen molar-refractivity contribution in [3.05, 3.63) is 65.0 Å². The minimum atomic E-state index is -1.01. The molecule has 1 atom stereocenters. The van der Waals surface area contributed by atoms with Crippen LogP contribution in [-0.4, -0.2) is 65.0 Å². The Morgan fingerprint density at radius 3 is 2.50 bits per heavy atom. The van der Waals surface area contributed by atoms with Gasteiger partial charge in [0.25, 0.3) is 0 Å². The third-order valence-electron chi connectivity index (χ3n) is 5.66. The van der Waals surface area contributed by atoms with Gasteiger partial charge < -0.3 is 14.9 Å². The minimum absolute atomic E-state index is 0.106. The standard InChI is InChI=1S/C26H33FN2O3/c1-26(2,31)12-10-20-4-6-21(7-5-20)17-28-13-14-29(23(19-28)11-15-30)18-22-8-9-24(32-3)16-25(22)27/h4-9,16,23,30-31H,11,13-15,17-19H2,1-3H3. The van der Waals surface area contributed by atoms with Crippen LogP contribution in [0.25, 0.3) is 0 Å². The van der Waals surface area contributed by atoms with Crippen molar-refractivity contribution >= 4 is 0 Å². The molecule has 0 spiro atoms. The van der Waals surface area contributed by atoms with E-state index in [-0.39, 0.29) is 18.5 Å². The number of halogens is 1. The normalized spacial score (nSPS) is 17.6. The number of rotatable bonds is 7. The summed E-state index contributed by atoms with van der Waals surface area (Å²) in [5, 5.41) is 19.3. The highest BCUT2D eigenvalue weighted by atomic mass is 19.1. The molecular weight excluding hydrogens is 407 g/mol. The number of aliphatic hydroxyl groups excluding tert-OH is 1. The first-order valence-corrected chi connectivity index (χ1v) is 11.0. The Labute approximate surface area is 190 Å². The first-order chi connectivity index (χ1) is 15.3. The second-order valence-corrected chi connectivity index (χ2v) is 8.83. The number of aliphatic hydroxyl groups is 2. The molecule has 1 aliphatic heterocycles. The van der Waals surface area contributed by atoms with Gasteiger partial charge in [-0.15, -0.1) is 0 Å². The van der Waals surface area contributed by atoms with E-state index in [1.54, 1.807) is 26.0 Å². The van der Waals surface area contributed by atoms with Crippen LogP contribution in [0, 0.1) is 17.7 Å². The lowest BCUT2D eigenvalue weighted by Gasteiger charge is -2.41. The van der Waals surface area contributed by atoms with Crippen LogP contribution in [0.2, 0.25) is 0 Å². The van der Waals surface area contributed by atoms with Crippen LogP contribution in [0.15, 0.2) is 42.5 Å². The van der Waals surface area contributed by atoms with Gasteiger partial charge in [-0.25, -0.2) is 4.39 Å². The SMILES string of the molecule is COc1ccc(CN2CCN(Cc3ccc(C#CC(C)(C)O)cc3)CC2CCO)c(F)c1. The predicted molar refractivity (Wildman–Crippen MR) is 124 cm³/mol. The summed E-state index contributed by atoms with van der Waals surface area (Å²) in [6, 6.07) is 13.2. The van der Waals surface area contributed by atoms with E-state index in [1.807, 2.05) is 12.1 Å². The first-order valence-electron chi connectivity index (χ1n) is 11.0. The third-order valence-corrected chi connectivity index (χ3v) is 5.66. The van der Waals surface area contributed by atoms with Gasteiger partial charge in [-0.3, -0.25) is 9.80 Å². The summed E-state index contributed by atoms with van der Waals surface area (Å²) in [6.07, 6.45) is 0.653. The van der Waals surface area contributed by atoms with E-state index in [4.69, 9.17) is 4.74 Å². The maximum absolute atomic E-state index is 14.4. The van der Waals surface area contributed by atoms with E-state index in [0.29, 0.717) is 24.3 Å². The fourth-order valence-corrected chi connectivity index (χ4v) is 3.91. The minimum Gasteiger partial charge on any atom is -0.497 e. The van der Waals surface area contributed by atoms with Crippen molar-refractivity contribution in [2.24, 2.45) is 0 Å². The molecule has 1 unspecified atom stereocenters. The van der Waals surface area contributed by atoms with Gasteiger partial charge in [0.05, 0.1) is 7.11 Å². The lowest BCUT2D eigenvalue weighted by atomic mass is 10.0. The van der Waals surface area contributed by atoms with Gasteiger partial charge >= 0.3 is 0 Å². The molecule has 2 aromatic carbocycles. The van der Waals surface area contributed by atoms with Gasteiger partial charge in [0.2, 0.25) is 0 Å². The number of ether oxygens (including phenoxy) is 1. The molecule has 5 nitrogen and oxygen atoms in total. The molecule has 0 aliphatic carbocycles. The lowest BCUT2D eigenvalue weighted by molar-refractivity contribution is 0.0493. The summed E-state index contributed by atoms with van der Waals surface area (Å²) in [6.45, 7) is 7.27. The molecule has 0 saturated carbocycles. The molecule has 3 rings (SSSR count).